The van der Waals surface area contributed by atoms with Gasteiger partial charge in [0.2, 0.25) is 10.0 Å². The first-order valence-electron chi connectivity index (χ1n) is 7.57. The topological polar surface area (TPSA) is 112 Å². The quantitative estimate of drug-likeness (QED) is 0.794. The van der Waals surface area contributed by atoms with Gasteiger partial charge in [0, 0.05) is 19.1 Å². The number of anilines is 1. The number of aromatic nitrogens is 2. The van der Waals surface area contributed by atoms with Gasteiger partial charge in [0.05, 0.1) is 18.1 Å². The average molecular weight is 342 g/mol. The second-order valence-corrected chi connectivity index (χ2v) is 8.10. The Hall–Kier alpha value is -1.74. The molecule has 0 saturated carbocycles. The fraction of sp³-hybridized carbons (Fsp3) is 0.643. The van der Waals surface area contributed by atoms with Crippen LogP contribution in [0.1, 0.15) is 37.2 Å². The van der Waals surface area contributed by atoms with Gasteiger partial charge >= 0.3 is 5.97 Å². The average Bonchev–Trinajstić information content (AvgIpc) is 2.47. The van der Waals surface area contributed by atoms with Crippen molar-refractivity contribution in [3.63, 3.8) is 0 Å². The van der Waals surface area contributed by atoms with Crippen LogP contribution in [0.3, 0.4) is 0 Å². The lowest BCUT2D eigenvalue weighted by atomic mass is 10.1. The third kappa shape index (κ3) is 4.87. The van der Waals surface area contributed by atoms with E-state index >= 15 is 0 Å². The van der Waals surface area contributed by atoms with Crippen LogP contribution in [0, 0.1) is 5.92 Å². The second kappa shape index (κ2) is 7.22. The van der Waals surface area contributed by atoms with E-state index in [1.54, 1.807) is 4.31 Å². The zero-order valence-electron chi connectivity index (χ0n) is 13.3. The van der Waals surface area contributed by atoms with Crippen LogP contribution < -0.4 is 5.32 Å². The molecule has 0 radical (unpaired) electrons. The van der Waals surface area contributed by atoms with Gasteiger partial charge in [0.15, 0.2) is 5.69 Å². The molecule has 0 bridgehead atoms. The molecule has 2 rings (SSSR count). The Balaban J connectivity index is 1.88. The highest BCUT2D eigenvalue weighted by Gasteiger charge is 2.28. The number of nitrogens with zero attached hydrogens (tertiary/aromatic N) is 3. The zero-order valence-corrected chi connectivity index (χ0v) is 14.1. The lowest BCUT2D eigenvalue weighted by Crippen LogP contribution is -2.43. The molecule has 2 heterocycles. The maximum absolute atomic E-state index is 12.2. The normalized spacial score (nSPS) is 17.3. The van der Waals surface area contributed by atoms with Gasteiger partial charge in [-0.05, 0) is 18.8 Å². The summed E-state index contributed by atoms with van der Waals surface area (Å²) < 4.78 is 25.9. The number of carboxylic acids is 1. The minimum absolute atomic E-state index is 0.102. The fourth-order valence-corrected chi connectivity index (χ4v) is 4.35. The lowest BCUT2D eigenvalue weighted by Gasteiger charge is -2.32. The summed E-state index contributed by atoms with van der Waals surface area (Å²) in [4.78, 5) is 18.5. The van der Waals surface area contributed by atoms with Crippen molar-refractivity contribution in [2.45, 2.75) is 32.7 Å². The van der Waals surface area contributed by atoms with Crippen LogP contribution in [0.4, 0.5) is 5.82 Å². The van der Waals surface area contributed by atoms with E-state index in [1.165, 1.54) is 12.4 Å². The highest BCUT2D eigenvalue weighted by Crippen LogP contribution is 2.18. The second-order valence-electron chi connectivity index (χ2n) is 6.08. The fourth-order valence-electron chi connectivity index (χ4n) is 2.53. The maximum atomic E-state index is 12.2. The van der Waals surface area contributed by atoms with E-state index in [-0.39, 0.29) is 23.4 Å². The number of rotatable bonds is 6. The summed E-state index contributed by atoms with van der Waals surface area (Å²) in [5.74, 6) is -0.335. The highest BCUT2D eigenvalue weighted by atomic mass is 32.2. The Morgan fingerprint density at radius 3 is 2.48 bits per heavy atom. The Kier molecular flexibility index (Phi) is 5.53. The molecule has 0 aromatic carbocycles. The van der Waals surface area contributed by atoms with E-state index in [0.717, 1.165) is 0 Å². The van der Waals surface area contributed by atoms with Gasteiger partial charge in [-0.3, -0.25) is 0 Å². The van der Waals surface area contributed by atoms with Gasteiger partial charge < -0.3 is 10.4 Å². The summed E-state index contributed by atoms with van der Waals surface area (Å²) in [5, 5.41) is 12.0. The van der Waals surface area contributed by atoms with Crippen LogP contribution in [0.15, 0.2) is 12.4 Å². The van der Waals surface area contributed by atoms with E-state index < -0.39 is 16.0 Å². The summed E-state index contributed by atoms with van der Waals surface area (Å²) in [6.07, 6.45) is 3.94. The summed E-state index contributed by atoms with van der Waals surface area (Å²) in [5.41, 5.74) is -0.106. The van der Waals surface area contributed by atoms with E-state index in [0.29, 0.717) is 31.7 Å². The van der Waals surface area contributed by atoms with Gasteiger partial charge in [-0.25, -0.2) is 27.5 Å². The monoisotopic (exact) mass is 342 g/mol. The third-order valence-corrected chi connectivity index (χ3v) is 5.85. The highest BCUT2D eigenvalue weighted by molar-refractivity contribution is 7.89. The molecule has 0 unspecified atom stereocenters. The molecule has 0 atom stereocenters. The van der Waals surface area contributed by atoms with Crippen molar-refractivity contribution in [3.05, 3.63) is 18.1 Å². The number of carboxylic acid groups (broad SMARTS) is 1. The van der Waals surface area contributed by atoms with Crippen molar-refractivity contribution in [1.82, 2.24) is 14.3 Å². The number of nitrogens with one attached hydrogen (secondary N) is 1. The van der Waals surface area contributed by atoms with Gasteiger partial charge in [-0.1, -0.05) is 13.8 Å². The standard InChI is InChI=1S/C14H22N4O4S/c1-10(2)9-23(21,22)18-5-3-11(4-6-18)17-13-8-15-12(7-16-13)14(19)20/h7-8,10-11H,3-6,9H2,1-2H3,(H,16,17)(H,19,20). The smallest absolute Gasteiger partial charge is 0.356 e. The summed E-state index contributed by atoms with van der Waals surface area (Å²) >= 11 is 0. The van der Waals surface area contributed by atoms with Gasteiger partial charge in [0.1, 0.15) is 5.82 Å². The molecule has 1 aromatic heterocycles. The predicted octanol–water partition coefficient (Wildman–Crippen LogP) is 1.04. The zero-order chi connectivity index (χ0) is 17.0. The predicted molar refractivity (Wildman–Crippen MR) is 85.8 cm³/mol. The Morgan fingerprint density at radius 2 is 2.00 bits per heavy atom. The number of carbonyl (C=O) groups is 1. The van der Waals surface area contributed by atoms with Crippen molar-refractivity contribution in [1.29, 1.82) is 0 Å². The van der Waals surface area contributed by atoms with E-state index in [4.69, 9.17) is 5.11 Å². The van der Waals surface area contributed by atoms with Crippen molar-refractivity contribution < 1.29 is 18.3 Å². The summed E-state index contributed by atoms with van der Waals surface area (Å²) in [7, 11) is -3.18. The molecule has 1 saturated heterocycles. The maximum Gasteiger partial charge on any atom is 0.356 e. The van der Waals surface area contributed by atoms with Gasteiger partial charge in [-0.15, -0.1) is 0 Å². The van der Waals surface area contributed by atoms with E-state index in [1.807, 2.05) is 13.8 Å². The first-order chi connectivity index (χ1) is 10.8. The molecule has 8 nitrogen and oxygen atoms in total. The Labute approximate surface area is 136 Å². The van der Waals surface area contributed by atoms with Crippen LogP contribution in [0.5, 0.6) is 0 Å². The first kappa shape index (κ1) is 17.6. The summed E-state index contributed by atoms with van der Waals surface area (Å²) in [6.45, 7) is 4.75. The molecule has 1 aromatic rings. The minimum Gasteiger partial charge on any atom is -0.476 e. The Morgan fingerprint density at radius 1 is 1.35 bits per heavy atom. The van der Waals surface area contributed by atoms with Crippen molar-refractivity contribution in [2.24, 2.45) is 5.92 Å². The van der Waals surface area contributed by atoms with Crippen LogP contribution >= 0.6 is 0 Å². The van der Waals surface area contributed by atoms with Crippen molar-refractivity contribution in [2.75, 3.05) is 24.2 Å². The molecule has 9 heteroatoms. The van der Waals surface area contributed by atoms with Crippen LogP contribution in [0.25, 0.3) is 0 Å². The van der Waals surface area contributed by atoms with Crippen molar-refractivity contribution >= 4 is 21.8 Å². The van der Waals surface area contributed by atoms with E-state index in [9.17, 15) is 13.2 Å². The molecule has 0 aliphatic carbocycles. The molecule has 1 aliphatic heterocycles. The number of aromatic carboxylic acids is 1. The lowest BCUT2D eigenvalue weighted by molar-refractivity contribution is 0.0690. The molecule has 0 spiro atoms. The minimum atomic E-state index is -3.18. The van der Waals surface area contributed by atoms with E-state index in [2.05, 4.69) is 15.3 Å². The van der Waals surface area contributed by atoms with Gasteiger partial charge in [-0.2, -0.15) is 0 Å². The molecule has 0 amide bonds. The molecular formula is C14H22N4O4S. The largest absolute Gasteiger partial charge is 0.476 e. The molecule has 128 valence electrons. The number of sulfonamides is 1. The summed E-state index contributed by atoms with van der Waals surface area (Å²) in [6, 6.07) is 0.102. The van der Waals surface area contributed by atoms with Crippen molar-refractivity contribution in [3.8, 4) is 0 Å². The SMILES string of the molecule is CC(C)CS(=O)(=O)N1CCC(Nc2cnc(C(=O)O)cn2)CC1. The molecule has 2 N–H and O–H groups in total. The van der Waals surface area contributed by atoms with Crippen LogP contribution in [0.2, 0.25) is 0 Å². The molecular weight excluding hydrogens is 320 g/mol. The Bertz CT molecular complexity index is 637. The molecule has 23 heavy (non-hydrogen) atoms. The number of hydrogen-bond acceptors (Lipinski definition) is 6. The van der Waals surface area contributed by atoms with Crippen LogP contribution in [-0.4, -0.2) is 58.7 Å². The third-order valence-electron chi connectivity index (χ3n) is 3.61. The first-order valence-corrected chi connectivity index (χ1v) is 9.18. The van der Waals surface area contributed by atoms with Gasteiger partial charge in [0.25, 0.3) is 0 Å². The molecule has 1 aliphatic rings. The van der Waals surface area contributed by atoms with Crippen LogP contribution in [-0.2, 0) is 10.0 Å². The number of piperidine rings is 1. The number of hydrogen-bond donors (Lipinski definition) is 2. The molecule has 1 fully saturated rings.